The van der Waals surface area contributed by atoms with E-state index in [-0.39, 0.29) is 29.8 Å². The van der Waals surface area contributed by atoms with Crippen molar-refractivity contribution in [2.45, 2.75) is 45.4 Å². The van der Waals surface area contributed by atoms with Gasteiger partial charge in [0.1, 0.15) is 0 Å². The molecule has 1 saturated heterocycles. The molecule has 1 aromatic carbocycles. The summed E-state index contributed by atoms with van der Waals surface area (Å²) in [4.78, 5) is 29.1. The zero-order valence-electron chi connectivity index (χ0n) is 18.7. The van der Waals surface area contributed by atoms with Gasteiger partial charge in [-0.25, -0.2) is 4.79 Å². The zero-order chi connectivity index (χ0) is 22.4. The lowest BCUT2D eigenvalue weighted by Gasteiger charge is -2.29. The first-order chi connectivity index (χ1) is 14.8. The van der Waals surface area contributed by atoms with Gasteiger partial charge in [-0.15, -0.1) is 0 Å². The van der Waals surface area contributed by atoms with Crippen LogP contribution in [0.15, 0.2) is 41.0 Å². The summed E-state index contributed by atoms with van der Waals surface area (Å²) in [6.07, 6.45) is 3.47. The van der Waals surface area contributed by atoms with E-state index in [2.05, 4.69) is 10.6 Å². The molecule has 1 fully saturated rings. The molecule has 2 heterocycles. The number of nitrogens with zero attached hydrogens (tertiary/aromatic N) is 2. The number of carbonyl (C=O) groups is 2. The Bertz CT molecular complexity index is 874. The van der Waals surface area contributed by atoms with Crippen LogP contribution < -0.4 is 15.5 Å². The summed E-state index contributed by atoms with van der Waals surface area (Å²) in [5.74, 6) is -0.0723. The number of nitrogens with one attached hydrogen (secondary N) is 2. The lowest BCUT2D eigenvalue weighted by Crippen LogP contribution is -2.45. The average Bonchev–Trinajstić information content (AvgIpc) is 3.41. The van der Waals surface area contributed by atoms with Crippen LogP contribution in [0.3, 0.4) is 0 Å². The minimum absolute atomic E-state index is 0.0340. The number of hydrogen-bond acceptors (Lipinski definition) is 5. The van der Waals surface area contributed by atoms with Gasteiger partial charge in [0.25, 0.3) is 5.91 Å². The highest BCUT2D eigenvalue weighted by Crippen LogP contribution is 2.26. The molecule has 0 radical (unpaired) electrons. The van der Waals surface area contributed by atoms with E-state index >= 15 is 0 Å². The van der Waals surface area contributed by atoms with E-state index in [1.165, 1.54) is 6.26 Å². The van der Waals surface area contributed by atoms with Gasteiger partial charge in [0.15, 0.2) is 5.76 Å². The van der Waals surface area contributed by atoms with Crippen LogP contribution in [-0.2, 0) is 11.3 Å². The normalized spacial score (nSPS) is 15.7. The van der Waals surface area contributed by atoms with Gasteiger partial charge in [0, 0.05) is 51.2 Å². The second-order valence-corrected chi connectivity index (χ2v) is 8.29. The fraction of sp³-hybridized carbons (Fsp3) is 0.478. The van der Waals surface area contributed by atoms with Crippen LogP contribution in [0.1, 0.15) is 42.8 Å². The molecule has 1 aromatic heterocycles. The predicted molar refractivity (Wildman–Crippen MR) is 120 cm³/mol. The van der Waals surface area contributed by atoms with Crippen molar-refractivity contribution in [3.05, 3.63) is 47.9 Å². The maximum atomic E-state index is 12.9. The topological polar surface area (TPSA) is 87.1 Å². The largest absolute Gasteiger partial charge is 0.459 e. The van der Waals surface area contributed by atoms with Gasteiger partial charge < -0.3 is 29.6 Å². The number of amides is 3. The molecule has 1 atom stereocenters. The number of furan rings is 1. The molecule has 1 aliphatic rings. The molecule has 0 bridgehead atoms. The van der Waals surface area contributed by atoms with Crippen LogP contribution in [0.5, 0.6) is 0 Å². The summed E-state index contributed by atoms with van der Waals surface area (Å²) in [5, 5.41) is 5.85. The van der Waals surface area contributed by atoms with Crippen LogP contribution in [0.4, 0.5) is 16.2 Å². The highest BCUT2D eigenvalue weighted by molar-refractivity contribution is 6.02. The zero-order valence-corrected chi connectivity index (χ0v) is 18.7. The van der Waals surface area contributed by atoms with Gasteiger partial charge in [-0.3, -0.25) is 4.79 Å². The van der Waals surface area contributed by atoms with Gasteiger partial charge in [-0.2, -0.15) is 0 Å². The van der Waals surface area contributed by atoms with E-state index in [0.29, 0.717) is 18.8 Å². The summed E-state index contributed by atoms with van der Waals surface area (Å²) in [7, 11) is 3.91. The molecule has 0 unspecified atom stereocenters. The highest BCUT2D eigenvalue weighted by atomic mass is 16.5. The molecular weight excluding hydrogens is 396 g/mol. The minimum atomic E-state index is -0.317. The lowest BCUT2D eigenvalue weighted by atomic mass is 10.1. The Morgan fingerprint density at radius 3 is 2.65 bits per heavy atom. The molecule has 0 saturated carbocycles. The van der Waals surface area contributed by atoms with Crippen LogP contribution in [0, 0.1) is 0 Å². The van der Waals surface area contributed by atoms with E-state index in [9.17, 15) is 9.59 Å². The molecule has 2 N–H and O–H groups in total. The van der Waals surface area contributed by atoms with E-state index in [1.54, 1.807) is 17.0 Å². The fourth-order valence-electron chi connectivity index (χ4n) is 3.62. The smallest absolute Gasteiger partial charge is 0.317 e. The summed E-state index contributed by atoms with van der Waals surface area (Å²) in [6, 6.07) is 8.89. The Morgan fingerprint density at radius 2 is 2.03 bits per heavy atom. The molecule has 168 valence electrons. The van der Waals surface area contributed by atoms with E-state index in [4.69, 9.17) is 9.15 Å². The third-order valence-corrected chi connectivity index (χ3v) is 5.07. The number of carbonyl (C=O) groups excluding carboxylic acids is 2. The summed E-state index contributed by atoms with van der Waals surface area (Å²) in [5.41, 5.74) is 2.55. The number of anilines is 2. The van der Waals surface area contributed by atoms with E-state index < -0.39 is 0 Å². The highest BCUT2D eigenvalue weighted by Gasteiger charge is 2.24. The number of ether oxygens (including phenoxy) is 1. The van der Waals surface area contributed by atoms with Crippen molar-refractivity contribution >= 4 is 23.3 Å². The van der Waals surface area contributed by atoms with Crippen molar-refractivity contribution in [3.63, 3.8) is 0 Å². The van der Waals surface area contributed by atoms with Crippen molar-refractivity contribution in [1.82, 2.24) is 10.2 Å². The number of urea groups is 1. The fourth-order valence-corrected chi connectivity index (χ4v) is 3.62. The molecule has 0 aliphatic carbocycles. The van der Waals surface area contributed by atoms with Crippen molar-refractivity contribution in [2.24, 2.45) is 0 Å². The standard InChI is InChI=1S/C23H32N4O4/c1-16(2)24-23(29)27(15-19-7-5-11-30-19)14-17-13-18(9-10-20(17)26(3)4)25-22(28)21-8-6-12-31-21/h6,8-10,12-13,16,19H,5,7,11,14-15H2,1-4H3,(H,24,29)(H,25,28)/t19-/m1/s1. The van der Waals surface area contributed by atoms with Gasteiger partial charge >= 0.3 is 6.03 Å². The number of benzene rings is 1. The quantitative estimate of drug-likeness (QED) is 0.670. The van der Waals surface area contributed by atoms with Crippen molar-refractivity contribution < 1.29 is 18.7 Å². The second kappa shape index (κ2) is 10.3. The third kappa shape index (κ3) is 6.24. The maximum absolute atomic E-state index is 12.9. The Kier molecular flexibility index (Phi) is 7.57. The van der Waals surface area contributed by atoms with Crippen molar-refractivity contribution in [3.8, 4) is 0 Å². The van der Waals surface area contributed by atoms with Gasteiger partial charge in [0.05, 0.1) is 12.4 Å². The van der Waals surface area contributed by atoms with E-state index in [0.717, 1.165) is 30.7 Å². The first kappa shape index (κ1) is 22.7. The van der Waals surface area contributed by atoms with Crippen molar-refractivity contribution in [1.29, 1.82) is 0 Å². The Labute approximate surface area is 183 Å². The monoisotopic (exact) mass is 428 g/mol. The summed E-state index contributed by atoms with van der Waals surface area (Å²) >= 11 is 0. The van der Waals surface area contributed by atoms with Gasteiger partial charge in [0.2, 0.25) is 0 Å². The van der Waals surface area contributed by atoms with Crippen LogP contribution in [0.25, 0.3) is 0 Å². The maximum Gasteiger partial charge on any atom is 0.317 e. The number of rotatable bonds is 8. The SMILES string of the molecule is CC(C)NC(=O)N(Cc1cc(NC(=O)c2ccco2)ccc1N(C)C)C[C@H]1CCCO1. The summed E-state index contributed by atoms with van der Waals surface area (Å²) in [6.45, 7) is 5.54. The first-order valence-corrected chi connectivity index (χ1v) is 10.7. The Hall–Kier alpha value is -3.00. The van der Waals surface area contributed by atoms with Gasteiger partial charge in [-0.1, -0.05) is 0 Å². The van der Waals surface area contributed by atoms with E-state index in [1.807, 2.05) is 51.0 Å². The predicted octanol–water partition coefficient (Wildman–Crippen LogP) is 3.70. The molecule has 2 aromatic rings. The summed E-state index contributed by atoms with van der Waals surface area (Å²) < 4.78 is 10.9. The Morgan fingerprint density at radius 1 is 1.23 bits per heavy atom. The van der Waals surface area contributed by atoms with Crippen LogP contribution >= 0.6 is 0 Å². The molecule has 3 rings (SSSR count). The second-order valence-electron chi connectivity index (χ2n) is 8.29. The molecule has 8 heteroatoms. The third-order valence-electron chi connectivity index (χ3n) is 5.07. The van der Waals surface area contributed by atoms with Crippen LogP contribution in [-0.4, -0.2) is 56.2 Å². The van der Waals surface area contributed by atoms with Crippen LogP contribution in [0.2, 0.25) is 0 Å². The molecule has 3 amide bonds. The lowest BCUT2D eigenvalue weighted by molar-refractivity contribution is 0.0791. The molecule has 0 spiro atoms. The molecule has 31 heavy (non-hydrogen) atoms. The minimum Gasteiger partial charge on any atom is -0.459 e. The molecule has 1 aliphatic heterocycles. The Balaban J connectivity index is 1.83. The first-order valence-electron chi connectivity index (χ1n) is 10.7. The molecule has 8 nitrogen and oxygen atoms in total. The van der Waals surface area contributed by atoms with Gasteiger partial charge in [-0.05, 0) is 62.6 Å². The van der Waals surface area contributed by atoms with Crippen molar-refractivity contribution in [2.75, 3.05) is 37.5 Å². The molecular formula is C23H32N4O4. The number of hydrogen-bond donors (Lipinski definition) is 2. The average molecular weight is 429 g/mol.